The van der Waals surface area contributed by atoms with E-state index in [2.05, 4.69) is 19.9 Å². The van der Waals surface area contributed by atoms with E-state index in [9.17, 15) is 14.3 Å². The molecule has 0 atom stereocenters. The maximum absolute atomic E-state index is 13.5. The first kappa shape index (κ1) is 15.6. The van der Waals surface area contributed by atoms with E-state index in [-0.39, 0.29) is 18.0 Å². The van der Waals surface area contributed by atoms with Crippen LogP contribution < -0.4 is 0 Å². The lowest BCUT2D eigenvalue weighted by molar-refractivity contribution is -0.139. The normalized spacial score (nSPS) is 11.2. The van der Waals surface area contributed by atoms with Crippen LogP contribution in [0.1, 0.15) is 5.69 Å². The highest BCUT2D eigenvalue weighted by atomic mass is 19.1. The molecule has 2 aromatic heterocycles. The largest absolute Gasteiger partial charge is 0.508 e. The van der Waals surface area contributed by atoms with Crippen LogP contribution in [0.4, 0.5) is 15.9 Å². The van der Waals surface area contributed by atoms with Crippen LogP contribution in [0.15, 0.2) is 52.8 Å². The minimum atomic E-state index is -0.486. The topological polar surface area (TPSA) is 88.5 Å². The number of halogens is 1. The van der Waals surface area contributed by atoms with E-state index in [4.69, 9.17) is 0 Å². The molecule has 1 aromatic carbocycles. The van der Waals surface area contributed by atoms with Crippen molar-refractivity contribution in [3.05, 3.63) is 54.1 Å². The van der Waals surface area contributed by atoms with Crippen molar-refractivity contribution in [3.8, 4) is 5.75 Å². The Balaban J connectivity index is 2.05. The van der Waals surface area contributed by atoms with Crippen LogP contribution in [0.5, 0.6) is 5.75 Å². The zero-order valence-corrected chi connectivity index (χ0v) is 12.7. The first-order valence-electron chi connectivity index (χ1n) is 7.01. The van der Waals surface area contributed by atoms with Crippen LogP contribution in [-0.2, 0) is 16.0 Å². The van der Waals surface area contributed by atoms with Gasteiger partial charge in [-0.05, 0) is 36.4 Å². The van der Waals surface area contributed by atoms with Crippen molar-refractivity contribution >= 4 is 23.1 Å². The van der Waals surface area contributed by atoms with E-state index >= 15 is 0 Å². The average molecular weight is 328 g/mol. The smallest absolute Gasteiger partial charge is 0.311 e. The zero-order chi connectivity index (χ0) is 17.1. The number of rotatable bonds is 4. The Kier molecular flexibility index (Phi) is 4.19. The number of hydrogen-bond acceptors (Lipinski definition) is 6. The second kappa shape index (κ2) is 6.45. The molecule has 1 N–H and O–H groups in total. The van der Waals surface area contributed by atoms with Gasteiger partial charge < -0.3 is 9.84 Å². The van der Waals surface area contributed by atoms with Gasteiger partial charge in [0, 0.05) is 6.20 Å². The van der Waals surface area contributed by atoms with Crippen LogP contribution in [-0.4, -0.2) is 27.6 Å². The van der Waals surface area contributed by atoms with E-state index in [0.717, 1.165) is 0 Å². The van der Waals surface area contributed by atoms with E-state index in [1.165, 1.54) is 42.0 Å². The summed E-state index contributed by atoms with van der Waals surface area (Å²) in [6.07, 6.45) is 1.11. The van der Waals surface area contributed by atoms with E-state index < -0.39 is 11.8 Å². The van der Waals surface area contributed by atoms with Gasteiger partial charge >= 0.3 is 5.97 Å². The van der Waals surface area contributed by atoms with E-state index in [1.54, 1.807) is 12.1 Å². The first-order valence-corrected chi connectivity index (χ1v) is 7.01. The molecule has 0 aliphatic carbocycles. The molecule has 3 rings (SSSR count). The number of fused-ring (bicyclic) bond motifs is 1. The Bertz CT molecular complexity index is 919. The van der Waals surface area contributed by atoms with Crippen molar-refractivity contribution in [2.75, 3.05) is 7.11 Å². The summed E-state index contributed by atoms with van der Waals surface area (Å²) >= 11 is 0. The summed E-state index contributed by atoms with van der Waals surface area (Å²) in [5, 5.41) is 17.4. The molecule has 2 heterocycles. The minimum Gasteiger partial charge on any atom is -0.508 e. The number of esters is 1. The molecule has 0 spiro atoms. The molecule has 0 saturated heterocycles. The number of nitrogens with zero attached hydrogens (tertiary/aromatic N) is 4. The number of methoxy groups -OCH3 is 1. The van der Waals surface area contributed by atoms with E-state index in [1.807, 2.05) is 0 Å². The Morgan fingerprint density at radius 3 is 2.71 bits per heavy atom. The summed E-state index contributed by atoms with van der Waals surface area (Å²) in [5.74, 6) is -0.606. The van der Waals surface area contributed by atoms with Crippen LogP contribution in [0.25, 0.3) is 5.65 Å². The van der Waals surface area contributed by atoms with Gasteiger partial charge in [0.1, 0.15) is 17.2 Å². The molecule has 0 saturated carbocycles. The van der Waals surface area contributed by atoms with Crippen molar-refractivity contribution in [1.29, 1.82) is 0 Å². The van der Waals surface area contributed by atoms with Crippen molar-refractivity contribution in [2.45, 2.75) is 6.42 Å². The van der Waals surface area contributed by atoms with Crippen LogP contribution in [0.3, 0.4) is 0 Å². The molecular formula is C16H13FN4O3. The van der Waals surface area contributed by atoms with Crippen molar-refractivity contribution in [1.82, 2.24) is 9.38 Å². The molecule has 0 aliphatic heterocycles. The molecule has 3 aromatic rings. The Labute approximate surface area is 136 Å². The maximum atomic E-state index is 13.5. The van der Waals surface area contributed by atoms with Gasteiger partial charge in [-0.3, -0.25) is 9.20 Å². The van der Waals surface area contributed by atoms with Gasteiger partial charge in [0.15, 0.2) is 5.82 Å². The number of pyridine rings is 1. The molecule has 122 valence electrons. The molecule has 7 nitrogen and oxygen atoms in total. The van der Waals surface area contributed by atoms with Gasteiger partial charge in [0.05, 0.1) is 24.9 Å². The number of hydrogen-bond donors (Lipinski definition) is 1. The molecule has 0 amide bonds. The molecule has 0 aliphatic rings. The number of azo groups is 1. The number of aromatic hydroxyl groups is 1. The highest BCUT2D eigenvalue weighted by Crippen LogP contribution is 2.26. The number of aromatic nitrogens is 2. The molecule has 0 fully saturated rings. The zero-order valence-electron chi connectivity index (χ0n) is 12.7. The van der Waals surface area contributed by atoms with Gasteiger partial charge in [-0.2, -0.15) is 0 Å². The summed E-state index contributed by atoms with van der Waals surface area (Å²) in [7, 11) is 1.27. The van der Waals surface area contributed by atoms with Gasteiger partial charge in [-0.1, -0.05) is 0 Å². The highest BCUT2D eigenvalue weighted by molar-refractivity contribution is 5.74. The molecule has 8 heteroatoms. The van der Waals surface area contributed by atoms with Crippen molar-refractivity contribution < 1.29 is 19.0 Å². The second-order valence-corrected chi connectivity index (χ2v) is 4.93. The predicted molar refractivity (Wildman–Crippen MR) is 83.2 cm³/mol. The molecule has 0 bridgehead atoms. The number of carbonyl (C=O) groups is 1. The summed E-state index contributed by atoms with van der Waals surface area (Å²) in [6.45, 7) is 0. The summed E-state index contributed by atoms with van der Waals surface area (Å²) in [4.78, 5) is 15.8. The highest BCUT2D eigenvalue weighted by Gasteiger charge is 2.16. The van der Waals surface area contributed by atoms with Crippen LogP contribution >= 0.6 is 0 Å². The SMILES string of the molecule is COC(=O)Cc1nc2ccc(F)cn2c1N=Nc1ccc(O)cc1. The quantitative estimate of drug-likeness (QED) is 0.588. The lowest BCUT2D eigenvalue weighted by Gasteiger charge is -1.99. The van der Waals surface area contributed by atoms with Crippen LogP contribution in [0.2, 0.25) is 0 Å². The fraction of sp³-hybridized carbons (Fsp3) is 0.125. The van der Waals surface area contributed by atoms with Crippen molar-refractivity contribution in [2.24, 2.45) is 10.2 Å². The molecule has 0 unspecified atom stereocenters. The Hall–Kier alpha value is -3.29. The van der Waals surface area contributed by atoms with Gasteiger partial charge in [0.2, 0.25) is 0 Å². The summed E-state index contributed by atoms with van der Waals surface area (Å²) in [6, 6.07) is 8.84. The lowest BCUT2D eigenvalue weighted by Crippen LogP contribution is -2.04. The second-order valence-electron chi connectivity index (χ2n) is 4.93. The lowest BCUT2D eigenvalue weighted by atomic mass is 10.3. The number of phenolic OH excluding ortho intramolecular Hbond substituents is 1. The fourth-order valence-corrected chi connectivity index (χ4v) is 2.11. The number of benzene rings is 1. The van der Waals surface area contributed by atoms with Gasteiger partial charge in [-0.25, -0.2) is 9.37 Å². The monoisotopic (exact) mass is 328 g/mol. The first-order chi connectivity index (χ1) is 11.6. The third kappa shape index (κ3) is 3.22. The number of phenols is 1. The standard InChI is InChI=1S/C16H13FN4O3/c1-24-15(23)8-13-16(20-19-11-3-5-12(22)6-4-11)21-9-10(17)2-7-14(21)18-13/h2-7,9,22H,8H2,1H3. The van der Waals surface area contributed by atoms with Crippen LogP contribution in [0, 0.1) is 5.82 Å². The third-order valence-electron chi connectivity index (χ3n) is 3.28. The molecule has 0 radical (unpaired) electrons. The summed E-state index contributed by atoms with van der Waals surface area (Å²) in [5.41, 5.74) is 1.26. The molecular weight excluding hydrogens is 315 g/mol. The van der Waals surface area contributed by atoms with Crippen molar-refractivity contribution in [3.63, 3.8) is 0 Å². The fourth-order valence-electron chi connectivity index (χ4n) is 2.11. The predicted octanol–water partition coefficient (Wildman–Crippen LogP) is 3.31. The number of carbonyl (C=O) groups excluding carboxylic acids is 1. The summed E-state index contributed by atoms with van der Waals surface area (Å²) < 4.78 is 19.6. The number of ether oxygens (including phenoxy) is 1. The van der Waals surface area contributed by atoms with Gasteiger partial charge in [0.25, 0.3) is 0 Å². The Morgan fingerprint density at radius 2 is 2.00 bits per heavy atom. The Morgan fingerprint density at radius 1 is 1.25 bits per heavy atom. The molecule has 24 heavy (non-hydrogen) atoms. The third-order valence-corrected chi connectivity index (χ3v) is 3.28. The van der Waals surface area contributed by atoms with E-state index in [0.29, 0.717) is 17.0 Å². The minimum absolute atomic E-state index is 0.107. The maximum Gasteiger partial charge on any atom is 0.311 e. The van der Waals surface area contributed by atoms with Gasteiger partial charge in [-0.15, -0.1) is 10.2 Å². The average Bonchev–Trinajstić information content (AvgIpc) is 2.90. The number of imidazole rings is 1.